The lowest BCUT2D eigenvalue weighted by atomic mass is 9.83. The quantitative estimate of drug-likeness (QED) is 0.390. The monoisotopic (exact) mass is 524 g/mol. The molecule has 0 atom stereocenters. The van der Waals surface area contributed by atoms with Gasteiger partial charge in [0.25, 0.3) is 11.8 Å². The number of allylic oxidation sites excluding steroid dienone is 2. The van der Waals surface area contributed by atoms with Crippen LogP contribution in [0.25, 0.3) is 5.57 Å². The molecule has 5 rings (SSSR count). The molecule has 38 heavy (non-hydrogen) atoms. The van der Waals surface area contributed by atoms with Gasteiger partial charge in [-0.2, -0.15) is 0 Å². The summed E-state index contributed by atoms with van der Waals surface area (Å²) in [5, 5.41) is 16.1. The summed E-state index contributed by atoms with van der Waals surface area (Å²) < 4.78 is 27.3. The molecule has 0 radical (unpaired) electrons. The van der Waals surface area contributed by atoms with Crippen LogP contribution < -0.4 is 15.5 Å². The Labute approximate surface area is 223 Å². The van der Waals surface area contributed by atoms with E-state index in [1.54, 1.807) is 6.07 Å². The summed E-state index contributed by atoms with van der Waals surface area (Å²) in [6.45, 7) is 6.20. The summed E-state index contributed by atoms with van der Waals surface area (Å²) in [5.74, 6) is -1.87. The molecular weight excluding hydrogens is 486 g/mol. The van der Waals surface area contributed by atoms with Crippen molar-refractivity contribution in [3.63, 3.8) is 0 Å². The van der Waals surface area contributed by atoms with Crippen LogP contribution in [0.15, 0.2) is 36.4 Å². The summed E-state index contributed by atoms with van der Waals surface area (Å²) in [5.41, 5.74) is 4.35. The molecule has 6 nitrogen and oxygen atoms in total. The smallest absolute Gasteiger partial charge is 0.257 e. The highest BCUT2D eigenvalue weighted by molar-refractivity contribution is 6.07. The van der Waals surface area contributed by atoms with Crippen LogP contribution in [-0.2, 0) is 0 Å². The van der Waals surface area contributed by atoms with Crippen molar-refractivity contribution in [3.8, 4) is 0 Å². The van der Waals surface area contributed by atoms with Crippen LogP contribution >= 0.6 is 0 Å². The number of amides is 1. The minimum Gasteiger partial charge on any atom is -0.394 e. The van der Waals surface area contributed by atoms with Crippen molar-refractivity contribution in [2.45, 2.75) is 77.2 Å². The van der Waals surface area contributed by atoms with Crippen molar-refractivity contribution in [1.82, 2.24) is 4.98 Å². The van der Waals surface area contributed by atoms with Crippen LogP contribution in [0.2, 0.25) is 0 Å². The number of hydrogen-bond donors (Lipinski definition) is 3. The molecule has 2 fully saturated rings. The van der Waals surface area contributed by atoms with Gasteiger partial charge in [-0.15, -0.1) is 0 Å². The Morgan fingerprint density at radius 3 is 2.47 bits per heavy atom. The van der Waals surface area contributed by atoms with Crippen LogP contribution in [0.1, 0.15) is 80.3 Å². The first-order valence-corrected chi connectivity index (χ1v) is 13.6. The lowest BCUT2D eigenvalue weighted by Gasteiger charge is -2.32. The first-order valence-electron chi connectivity index (χ1n) is 13.6. The van der Waals surface area contributed by atoms with E-state index >= 15 is 0 Å². The minimum absolute atomic E-state index is 0.0220. The third-order valence-corrected chi connectivity index (χ3v) is 8.17. The summed E-state index contributed by atoms with van der Waals surface area (Å²) in [7, 11) is 0. The van der Waals surface area contributed by atoms with Gasteiger partial charge >= 0.3 is 0 Å². The molecule has 1 saturated heterocycles. The Bertz CT molecular complexity index is 1240. The number of anilines is 3. The van der Waals surface area contributed by atoms with E-state index < -0.39 is 11.5 Å². The van der Waals surface area contributed by atoms with Gasteiger partial charge in [-0.05, 0) is 105 Å². The third kappa shape index (κ3) is 6.01. The predicted molar refractivity (Wildman–Crippen MR) is 148 cm³/mol. The van der Waals surface area contributed by atoms with Crippen molar-refractivity contribution >= 4 is 28.8 Å². The zero-order chi connectivity index (χ0) is 27.1. The topological polar surface area (TPSA) is 77.5 Å². The molecule has 2 aromatic rings. The van der Waals surface area contributed by atoms with Gasteiger partial charge in [0, 0.05) is 37.2 Å². The number of benzene rings is 1. The number of piperidine rings is 1. The third-order valence-electron chi connectivity index (χ3n) is 8.17. The number of carbonyl (C=O) groups excluding carboxylic acids is 1. The zero-order valence-electron chi connectivity index (χ0n) is 22.5. The standard InChI is InChI=1S/C30H38F2N4O2/c1-20-16-25(33-26(17-20)36-14-12-30(31,32)13-15-36)34-27(38)23-5-4-22(35-28(2,3)19-37)18-24(23)21-6-8-29(9-7-21)10-11-29/h4-6,16-18,35,37H,7-15,19H2,1-3H3,(H,33,34,38). The van der Waals surface area contributed by atoms with Crippen molar-refractivity contribution in [1.29, 1.82) is 0 Å². The lowest BCUT2D eigenvalue weighted by molar-refractivity contribution is -0.0221. The Morgan fingerprint density at radius 2 is 1.84 bits per heavy atom. The first-order chi connectivity index (χ1) is 18.0. The van der Waals surface area contributed by atoms with Crippen LogP contribution in [0.3, 0.4) is 0 Å². The largest absolute Gasteiger partial charge is 0.394 e. The highest BCUT2D eigenvalue weighted by atomic mass is 19.3. The molecule has 8 heteroatoms. The lowest BCUT2D eigenvalue weighted by Crippen LogP contribution is -2.39. The fourth-order valence-corrected chi connectivity index (χ4v) is 5.46. The number of rotatable bonds is 7. The maximum atomic E-state index is 13.7. The van der Waals surface area contributed by atoms with Crippen LogP contribution in [0, 0.1) is 12.3 Å². The molecule has 0 unspecified atom stereocenters. The van der Waals surface area contributed by atoms with E-state index in [4.69, 9.17) is 0 Å². The molecule has 3 N–H and O–H groups in total. The number of carbonyl (C=O) groups is 1. The number of aliphatic hydroxyl groups is 1. The van der Waals surface area contributed by atoms with E-state index in [0.29, 0.717) is 22.6 Å². The zero-order valence-corrected chi connectivity index (χ0v) is 22.5. The molecule has 204 valence electrons. The summed E-state index contributed by atoms with van der Waals surface area (Å²) in [4.78, 5) is 20.1. The van der Waals surface area contributed by atoms with Crippen molar-refractivity contribution in [2.75, 3.05) is 35.2 Å². The van der Waals surface area contributed by atoms with Gasteiger partial charge in [-0.1, -0.05) is 6.08 Å². The molecule has 1 aromatic carbocycles. The molecule has 2 aliphatic carbocycles. The summed E-state index contributed by atoms with van der Waals surface area (Å²) in [6.07, 6.45) is 7.57. The number of aryl methyl sites for hydroxylation is 1. The molecule has 1 saturated carbocycles. The number of nitrogens with one attached hydrogen (secondary N) is 2. The van der Waals surface area contributed by atoms with Gasteiger partial charge in [0.2, 0.25) is 0 Å². The Morgan fingerprint density at radius 1 is 1.11 bits per heavy atom. The fourth-order valence-electron chi connectivity index (χ4n) is 5.46. The van der Waals surface area contributed by atoms with Gasteiger partial charge in [-0.3, -0.25) is 4.79 Å². The molecule has 1 aliphatic heterocycles. The van der Waals surface area contributed by atoms with Crippen LogP contribution in [-0.4, -0.2) is 47.2 Å². The van der Waals surface area contributed by atoms with Gasteiger partial charge in [0.1, 0.15) is 11.6 Å². The van der Waals surface area contributed by atoms with Crippen LogP contribution in [0.5, 0.6) is 0 Å². The van der Waals surface area contributed by atoms with Crippen molar-refractivity contribution < 1.29 is 18.7 Å². The second-order valence-electron chi connectivity index (χ2n) is 12.0. The molecule has 0 bridgehead atoms. The van der Waals surface area contributed by atoms with E-state index in [0.717, 1.165) is 36.1 Å². The van der Waals surface area contributed by atoms with Crippen LogP contribution in [0.4, 0.5) is 26.1 Å². The number of hydrogen-bond acceptors (Lipinski definition) is 5. The molecule has 3 aliphatic rings. The van der Waals surface area contributed by atoms with Gasteiger partial charge in [0.15, 0.2) is 0 Å². The number of nitrogens with zero attached hydrogens (tertiary/aromatic N) is 2. The van der Waals surface area contributed by atoms with E-state index in [-0.39, 0.29) is 38.4 Å². The second-order valence-corrected chi connectivity index (χ2v) is 12.0. The van der Waals surface area contributed by atoms with E-state index in [2.05, 4.69) is 21.7 Å². The maximum absolute atomic E-state index is 13.7. The number of aromatic nitrogens is 1. The van der Waals surface area contributed by atoms with Gasteiger partial charge in [0.05, 0.1) is 12.1 Å². The van der Waals surface area contributed by atoms with Gasteiger partial charge < -0.3 is 20.6 Å². The van der Waals surface area contributed by atoms with Crippen molar-refractivity contribution in [2.24, 2.45) is 5.41 Å². The second kappa shape index (κ2) is 9.95. The molecule has 1 spiro atoms. The molecule has 1 amide bonds. The number of pyridine rings is 1. The average Bonchev–Trinajstić information content (AvgIpc) is 3.62. The van der Waals surface area contributed by atoms with E-state index in [9.17, 15) is 18.7 Å². The SMILES string of the molecule is Cc1cc(NC(=O)c2ccc(NC(C)(C)CO)cc2C2=CCC3(CC2)CC3)nc(N2CCC(F)(F)CC2)c1. The minimum atomic E-state index is -2.63. The number of aliphatic hydroxyl groups excluding tert-OH is 1. The Kier molecular flexibility index (Phi) is 6.97. The number of halogens is 2. The van der Waals surface area contributed by atoms with Crippen molar-refractivity contribution in [3.05, 3.63) is 53.1 Å². The number of alkyl halides is 2. The normalized spacial score (nSPS) is 20.2. The summed E-state index contributed by atoms with van der Waals surface area (Å²) >= 11 is 0. The molecular formula is C30H38F2N4O2. The predicted octanol–water partition coefficient (Wildman–Crippen LogP) is 6.41. The highest BCUT2D eigenvalue weighted by Gasteiger charge is 2.43. The average molecular weight is 525 g/mol. The van der Waals surface area contributed by atoms with E-state index in [1.165, 1.54) is 18.4 Å². The highest BCUT2D eigenvalue weighted by Crippen LogP contribution is 2.56. The molecule has 2 heterocycles. The fraction of sp³-hybridized carbons (Fsp3) is 0.533. The summed E-state index contributed by atoms with van der Waals surface area (Å²) in [6, 6.07) is 9.37. The van der Waals surface area contributed by atoms with Gasteiger partial charge in [-0.25, -0.2) is 13.8 Å². The van der Waals surface area contributed by atoms with E-state index in [1.807, 2.05) is 49.9 Å². The maximum Gasteiger partial charge on any atom is 0.257 e. The first kappa shape index (κ1) is 26.6. The Hall–Kier alpha value is -3.00. The Balaban J connectivity index is 1.41. The molecule has 1 aromatic heterocycles.